The first kappa shape index (κ1) is 42.4. The molecule has 0 spiro atoms. The summed E-state index contributed by atoms with van der Waals surface area (Å²) < 4.78 is 30.9. The van der Waals surface area contributed by atoms with Crippen molar-refractivity contribution < 1.29 is 28.5 Å². The SMILES string of the molecule is CCCCCCCCCCCCN(CC(=O)N(CCCCC)CCCCC)C1COc2ccccc2OCCOCCOc2ccccc2OC1. The highest BCUT2D eigenvalue weighted by Crippen LogP contribution is 2.29. The summed E-state index contributed by atoms with van der Waals surface area (Å²) in [6, 6.07) is 15.4. The van der Waals surface area contributed by atoms with Crippen LogP contribution in [0.15, 0.2) is 48.5 Å². The van der Waals surface area contributed by atoms with Crippen molar-refractivity contribution in [1.29, 1.82) is 0 Å². The molecule has 0 atom stereocenters. The molecule has 0 saturated heterocycles. The summed E-state index contributed by atoms with van der Waals surface area (Å²) in [5, 5.41) is 0. The number of fused-ring (bicyclic) bond motifs is 2. The molecule has 0 radical (unpaired) electrons. The third kappa shape index (κ3) is 17.9. The molecule has 1 aliphatic rings. The average Bonchev–Trinajstić information content (AvgIpc) is 3.14. The molecule has 2 aromatic carbocycles. The molecule has 0 aromatic heterocycles. The molecule has 0 unspecified atom stereocenters. The van der Waals surface area contributed by atoms with E-state index in [9.17, 15) is 4.79 Å². The monoisotopic (exact) mass is 711 g/mol. The van der Waals surface area contributed by atoms with Gasteiger partial charge in [0.2, 0.25) is 5.91 Å². The number of hydrogen-bond acceptors (Lipinski definition) is 7. The summed E-state index contributed by atoms with van der Waals surface area (Å²) in [6.07, 6.45) is 19.4. The highest BCUT2D eigenvalue weighted by molar-refractivity contribution is 5.78. The second kappa shape index (κ2) is 27.7. The average molecular weight is 711 g/mol. The number of carbonyl (C=O) groups excluding carboxylic acids is 1. The minimum atomic E-state index is -0.169. The summed E-state index contributed by atoms with van der Waals surface area (Å²) in [5.74, 6) is 2.94. The van der Waals surface area contributed by atoms with E-state index in [-0.39, 0.29) is 11.9 Å². The Balaban J connectivity index is 1.80. The van der Waals surface area contributed by atoms with Crippen LogP contribution in [0.3, 0.4) is 0 Å². The summed E-state index contributed by atoms with van der Waals surface area (Å²) in [7, 11) is 0. The Morgan fingerprint density at radius 1 is 0.529 bits per heavy atom. The number of ether oxygens (including phenoxy) is 5. The van der Waals surface area contributed by atoms with E-state index in [1.165, 1.54) is 51.4 Å². The largest absolute Gasteiger partial charge is 0.488 e. The number of benzene rings is 2. The number of para-hydroxylation sites is 4. The predicted molar refractivity (Wildman–Crippen MR) is 209 cm³/mol. The fourth-order valence-corrected chi connectivity index (χ4v) is 6.46. The first-order valence-electron chi connectivity index (χ1n) is 20.4. The minimum Gasteiger partial charge on any atom is -0.488 e. The topological polar surface area (TPSA) is 69.7 Å². The molecule has 0 aliphatic carbocycles. The Hall–Kier alpha value is -2.97. The van der Waals surface area contributed by atoms with Gasteiger partial charge in [0, 0.05) is 13.1 Å². The lowest BCUT2D eigenvalue weighted by atomic mass is 10.1. The second-order valence-corrected chi connectivity index (χ2v) is 13.9. The van der Waals surface area contributed by atoms with Crippen molar-refractivity contribution in [1.82, 2.24) is 9.80 Å². The van der Waals surface area contributed by atoms with Gasteiger partial charge in [0.05, 0.1) is 25.8 Å². The first-order chi connectivity index (χ1) is 25.2. The Morgan fingerprint density at radius 3 is 1.39 bits per heavy atom. The molecule has 0 N–H and O–H groups in total. The molecule has 0 fully saturated rings. The van der Waals surface area contributed by atoms with Gasteiger partial charge < -0.3 is 28.6 Å². The van der Waals surface area contributed by atoms with Gasteiger partial charge in [0.25, 0.3) is 0 Å². The van der Waals surface area contributed by atoms with Gasteiger partial charge in [-0.1, -0.05) is 129 Å². The van der Waals surface area contributed by atoms with E-state index in [1.54, 1.807) is 0 Å². The third-order valence-electron chi connectivity index (χ3n) is 9.60. The maximum Gasteiger partial charge on any atom is 0.236 e. The number of hydrogen-bond donors (Lipinski definition) is 0. The van der Waals surface area contributed by atoms with Gasteiger partial charge in [-0.25, -0.2) is 0 Å². The molecule has 0 saturated carbocycles. The summed E-state index contributed by atoms with van der Waals surface area (Å²) in [4.78, 5) is 18.6. The molecule has 1 amide bonds. The Morgan fingerprint density at radius 2 is 0.922 bits per heavy atom. The minimum absolute atomic E-state index is 0.169. The highest BCUT2D eigenvalue weighted by atomic mass is 16.6. The molecule has 1 aliphatic heterocycles. The fourth-order valence-electron chi connectivity index (χ4n) is 6.46. The van der Waals surface area contributed by atoms with Crippen molar-refractivity contribution in [2.24, 2.45) is 0 Å². The van der Waals surface area contributed by atoms with Crippen molar-refractivity contribution in [2.75, 3.05) is 65.8 Å². The lowest BCUT2D eigenvalue weighted by Gasteiger charge is -2.33. The van der Waals surface area contributed by atoms with Crippen LogP contribution < -0.4 is 18.9 Å². The zero-order valence-corrected chi connectivity index (χ0v) is 32.4. The van der Waals surface area contributed by atoms with Crippen LogP contribution in [-0.2, 0) is 9.53 Å². The van der Waals surface area contributed by atoms with Crippen LogP contribution in [0.4, 0.5) is 0 Å². The van der Waals surface area contributed by atoms with Gasteiger partial charge in [-0.2, -0.15) is 0 Å². The van der Waals surface area contributed by atoms with E-state index in [0.717, 1.165) is 71.0 Å². The smallest absolute Gasteiger partial charge is 0.236 e. The molecule has 8 nitrogen and oxygen atoms in total. The molecule has 51 heavy (non-hydrogen) atoms. The number of carbonyl (C=O) groups is 1. The van der Waals surface area contributed by atoms with Gasteiger partial charge >= 0.3 is 0 Å². The highest BCUT2D eigenvalue weighted by Gasteiger charge is 2.26. The molecule has 288 valence electrons. The van der Waals surface area contributed by atoms with Crippen LogP contribution in [0.1, 0.15) is 124 Å². The number of amides is 1. The molecular weight excluding hydrogens is 640 g/mol. The van der Waals surface area contributed by atoms with E-state index in [2.05, 4.69) is 30.6 Å². The Kier molecular flexibility index (Phi) is 23.0. The van der Waals surface area contributed by atoms with Gasteiger partial charge in [0.15, 0.2) is 23.0 Å². The van der Waals surface area contributed by atoms with E-state index in [1.807, 2.05) is 48.5 Å². The van der Waals surface area contributed by atoms with E-state index in [4.69, 9.17) is 23.7 Å². The molecule has 2 aromatic rings. The Labute approximate surface area is 310 Å². The van der Waals surface area contributed by atoms with Crippen molar-refractivity contribution >= 4 is 5.91 Å². The number of unbranched alkanes of at least 4 members (excludes halogenated alkanes) is 13. The summed E-state index contributed by atoms with van der Waals surface area (Å²) >= 11 is 0. The van der Waals surface area contributed by atoms with Crippen LogP contribution >= 0.6 is 0 Å². The van der Waals surface area contributed by atoms with Gasteiger partial charge in [-0.05, 0) is 50.1 Å². The Bertz CT molecular complexity index is 1100. The quantitative estimate of drug-likeness (QED) is 0.113. The van der Waals surface area contributed by atoms with Crippen molar-refractivity contribution in [2.45, 2.75) is 130 Å². The van der Waals surface area contributed by atoms with Crippen LogP contribution in [0.5, 0.6) is 23.0 Å². The molecule has 8 heteroatoms. The zero-order chi connectivity index (χ0) is 36.2. The van der Waals surface area contributed by atoms with Gasteiger partial charge in [0.1, 0.15) is 26.4 Å². The van der Waals surface area contributed by atoms with Crippen LogP contribution in [0.2, 0.25) is 0 Å². The predicted octanol–water partition coefficient (Wildman–Crippen LogP) is 9.73. The van der Waals surface area contributed by atoms with Crippen molar-refractivity contribution in [3.63, 3.8) is 0 Å². The van der Waals surface area contributed by atoms with E-state index in [0.29, 0.717) is 69.2 Å². The number of nitrogens with zero attached hydrogens (tertiary/aromatic N) is 2. The normalized spacial score (nSPS) is 14.4. The molecule has 0 bridgehead atoms. The molecule has 3 rings (SSSR count). The molecular formula is C43H70N2O6. The summed E-state index contributed by atoms with van der Waals surface area (Å²) in [6.45, 7) is 11.9. The molecule has 1 heterocycles. The van der Waals surface area contributed by atoms with E-state index < -0.39 is 0 Å². The van der Waals surface area contributed by atoms with Gasteiger partial charge in [-0.3, -0.25) is 9.69 Å². The zero-order valence-electron chi connectivity index (χ0n) is 32.4. The third-order valence-corrected chi connectivity index (χ3v) is 9.60. The maximum atomic E-state index is 14.1. The van der Waals surface area contributed by atoms with Gasteiger partial charge in [-0.15, -0.1) is 0 Å². The fraction of sp³-hybridized carbons (Fsp3) is 0.698. The lowest BCUT2D eigenvalue weighted by molar-refractivity contribution is -0.133. The van der Waals surface area contributed by atoms with Crippen LogP contribution in [0.25, 0.3) is 0 Å². The van der Waals surface area contributed by atoms with Crippen LogP contribution in [0, 0.1) is 0 Å². The number of rotatable bonds is 22. The second-order valence-electron chi connectivity index (χ2n) is 13.9. The standard InChI is InChI=1S/C43H70N2O6/c1-4-7-10-11-12-13-14-15-16-23-30-45(35-43(46)44(28-21-8-5-2)29-22-9-6-3)38-36-50-41-26-19-17-24-39(41)48-33-31-47-32-34-49-40-25-18-20-27-42(40)51-37-38/h17-20,24-27,38H,4-16,21-23,28-37H2,1-3H3. The summed E-state index contributed by atoms with van der Waals surface area (Å²) in [5.41, 5.74) is 0. The lowest BCUT2D eigenvalue weighted by Crippen LogP contribution is -2.49. The van der Waals surface area contributed by atoms with E-state index >= 15 is 0 Å². The maximum absolute atomic E-state index is 14.1. The van der Waals surface area contributed by atoms with Crippen molar-refractivity contribution in [3.8, 4) is 23.0 Å². The van der Waals surface area contributed by atoms with Crippen LogP contribution in [-0.4, -0.2) is 87.6 Å². The first-order valence-corrected chi connectivity index (χ1v) is 20.4. The van der Waals surface area contributed by atoms with Crippen molar-refractivity contribution in [3.05, 3.63) is 48.5 Å².